The zero-order valence-electron chi connectivity index (χ0n) is 9.99. The summed E-state index contributed by atoms with van der Waals surface area (Å²) in [4.78, 5) is 20.6. The third-order valence-corrected chi connectivity index (χ3v) is 2.89. The van der Waals surface area contributed by atoms with Crippen LogP contribution >= 0.6 is 0 Å². The van der Waals surface area contributed by atoms with Crippen molar-refractivity contribution in [2.24, 2.45) is 0 Å². The Morgan fingerprint density at radius 3 is 2.39 bits per heavy atom. The number of nitro groups is 2. The quantitative estimate of drug-likeness (QED) is 0.595. The van der Waals surface area contributed by atoms with E-state index in [0.29, 0.717) is 24.2 Å². The van der Waals surface area contributed by atoms with Gasteiger partial charge in [0.05, 0.1) is 15.9 Å². The van der Waals surface area contributed by atoms with Gasteiger partial charge in [-0.2, -0.15) is 0 Å². The summed E-state index contributed by atoms with van der Waals surface area (Å²) in [6.45, 7) is 0.588. The second-order valence-electron chi connectivity index (χ2n) is 4.21. The van der Waals surface area contributed by atoms with Gasteiger partial charge >= 0.3 is 5.69 Å². The van der Waals surface area contributed by atoms with Crippen molar-refractivity contribution in [1.29, 1.82) is 0 Å². The highest BCUT2D eigenvalue weighted by Gasteiger charge is 2.32. The first-order valence-corrected chi connectivity index (χ1v) is 5.32. The predicted molar refractivity (Wildman–Crippen MR) is 64.5 cm³/mol. The fourth-order valence-corrected chi connectivity index (χ4v) is 2.13. The van der Waals surface area contributed by atoms with Crippen molar-refractivity contribution in [1.82, 2.24) is 5.01 Å². The van der Waals surface area contributed by atoms with Gasteiger partial charge in [0, 0.05) is 26.7 Å². The van der Waals surface area contributed by atoms with E-state index in [1.54, 1.807) is 24.1 Å². The molecule has 8 heteroatoms. The van der Waals surface area contributed by atoms with Crippen LogP contribution in [-0.2, 0) is 6.42 Å². The summed E-state index contributed by atoms with van der Waals surface area (Å²) in [6, 6.07) is 2.42. The maximum atomic E-state index is 11.0. The zero-order valence-corrected chi connectivity index (χ0v) is 9.99. The number of anilines is 1. The Bertz CT molecular complexity index is 529. The van der Waals surface area contributed by atoms with Crippen LogP contribution in [0, 0.1) is 20.2 Å². The minimum absolute atomic E-state index is 0.217. The molecule has 8 nitrogen and oxygen atoms in total. The molecule has 0 saturated carbocycles. The highest BCUT2D eigenvalue weighted by atomic mass is 16.6. The smallest absolute Gasteiger partial charge is 0.299 e. The summed E-state index contributed by atoms with van der Waals surface area (Å²) >= 11 is 0. The molecule has 0 amide bonds. The molecule has 0 aromatic heterocycles. The van der Waals surface area contributed by atoms with Crippen molar-refractivity contribution in [3.05, 3.63) is 37.9 Å². The number of nitro benzene ring substituents is 2. The lowest BCUT2D eigenvalue weighted by molar-refractivity contribution is -0.393. The molecule has 0 spiro atoms. The largest absolute Gasteiger partial charge is 0.301 e. The number of benzene rings is 1. The number of hydrogen-bond donors (Lipinski definition) is 0. The highest BCUT2D eigenvalue weighted by Crippen LogP contribution is 2.40. The molecule has 1 aromatic rings. The van der Waals surface area contributed by atoms with E-state index >= 15 is 0 Å². The van der Waals surface area contributed by atoms with Crippen molar-refractivity contribution in [2.75, 3.05) is 25.6 Å². The monoisotopic (exact) mass is 252 g/mol. The Balaban J connectivity index is 2.62. The van der Waals surface area contributed by atoms with E-state index < -0.39 is 9.85 Å². The van der Waals surface area contributed by atoms with E-state index in [-0.39, 0.29) is 11.4 Å². The minimum Gasteiger partial charge on any atom is -0.299 e. The van der Waals surface area contributed by atoms with Crippen molar-refractivity contribution in [3.63, 3.8) is 0 Å². The van der Waals surface area contributed by atoms with Gasteiger partial charge in [-0.1, -0.05) is 0 Å². The molecular formula is C10H12N4O4. The number of hydrogen-bond acceptors (Lipinski definition) is 6. The van der Waals surface area contributed by atoms with E-state index in [1.807, 2.05) is 0 Å². The first-order valence-electron chi connectivity index (χ1n) is 5.32. The topological polar surface area (TPSA) is 92.8 Å². The van der Waals surface area contributed by atoms with E-state index in [4.69, 9.17) is 0 Å². The van der Waals surface area contributed by atoms with Gasteiger partial charge < -0.3 is 0 Å². The van der Waals surface area contributed by atoms with Gasteiger partial charge in [-0.3, -0.25) is 25.2 Å². The second kappa shape index (κ2) is 4.22. The van der Waals surface area contributed by atoms with E-state index in [2.05, 4.69) is 0 Å². The molecule has 0 bridgehead atoms. The second-order valence-corrected chi connectivity index (χ2v) is 4.21. The van der Waals surface area contributed by atoms with Crippen LogP contribution in [0.2, 0.25) is 0 Å². The Hall–Kier alpha value is -2.22. The van der Waals surface area contributed by atoms with Gasteiger partial charge in [-0.25, -0.2) is 5.01 Å². The van der Waals surface area contributed by atoms with Crippen molar-refractivity contribution < 1.29 is 9.85 Å². The predicted octanol–water partition coefficient (Wildman–Crippen LogP) is 1.34. The number of rotatable bonds is 3. The molecule has 0 aliphatic carbocycles. The molecule has 1 aliphatic heterocycles. The van der Waals surface area contributed by atoms with Crippen LogP contribution in [-0.4, -0.2) is 35.5 Å². The van der Waals surface area contributed by atoms with Gasteiger partial charge in [0.25, 0.3) is 5.69 Å². The van der Waals surface area contributed by atoms with Crippen molar-refractivity contribution in [3.8, 4) is 0 Å². The molecule has 0 fully saturated rings. The Morgan fingerprint density at radius 1 is 1.22 bits per heavy atom. The maximum absolute atomic E-state index is 11.0. The van der Waals surface area contributed by atoms with Crippen molar-refractivity contribution >= 4 is 17.1 Å². The lowest BCUT2D eigenvalue weighted by Gasteiger charge is -2.26. The first kappa shape index (κ1) is 12.2. The Labute approximate surface area is 103 Å². The molecule has 0 N–H and O–H groups in total. The highest BCUT2D eigenvalue weighted by molar-refractivity contribution is 5.73. The van der Waals surface area contributed by atoms with Crippen LogP contribution in [0.4, 0.5) is 17.1 Å². The number of fused-ring (bicyclic) bond motifs is 1. The van der Waals surface area contributed by atoms with Gasteiger partial charge in [0.1, 0.15) is 5.69 Å². The molecule has 0 atom stereocenters. The summed E-state index contributed by atoms with van der Waals surface area (Å²) in [7, 11) is 3.56. The minimum atomic E-state index is -0.606. The summed E-state index contributed by atoms with van der Waals surface area (Å²) in [5, 5.41) is 25.3. The van der Waals surface area contributed by atoms with Gasteiger partial charge in [0.2, 0.25) is 0 Å². The van der Waals surface area contributed by atoms with Gasteiger partial charge in [0.15, 0.2) is 0 Å². The molecule has 96 valence electrons. The molecule has 0 unspecified atom stereocenters. The summed E-state index contributed by atoms with van der Waals surface area (Å²) < 4.78 is 0. The summed E-state index contributed by atoms with van der Waals surface area (Å²) in [6.07, 6.45) is 0.566. The number of nitrogens with zero attached hydrogens (tertiary/aromatic N) is 4. The SMILES string of the molecule is CN(C)N1CCc2cc([N+](=O)[O-])cc([N+](=O)[O-])c21. The van der Waals surface area contributed by atoms with Crippen LogP contribution in [0.25, 0.3) is 0 Å². The molecule has 18 heavy (non-hydrogen) atoms. The third kappa shape index (κ3) is 1.86. The average Bonchev–Trinajstić information content (AvgIpc) is 2.70. The Morgan fingerprint density at radius 2 is 1.89 bits per heavy atom. The molecule has 1 heterocycles. The first-order chi connectivity index (χ1) is 8.41. The lowest BCUT2D eigenvalue weighted by Crippen LogP contribution is -2.35. The fourth-order valence-electron chi connectivity index (χ4n) is 2.13. The fraction of sp³-hybridized carbons (Fsp3) is 0.400. The number of hydrazine groups is 1. The Kier molecular flexibility index (Phi) is 2.87. The third-order valence-electron chi connectivity index (χ3n) is 2.89. The van der Waals surface area contributed by atoms with Gasteiger partial charge in [-0.15, -0.1) is 0 Å². The van der Waals surface area contributed by atoms with E-state index in [0.717, 1.165) is 6.07 Å². The zero-order chi connectivity index (χ0) is 13.4. The molecule has 1 aromatic carbocycles. The molecule has 1 aliphatic rings. The average molecular weight is 252 g/mol. The van der Waals surface area contributed by atoms with Crippen LogP contribution in [0.3, 0.4) is 0 Å². The molecular weight excluding hydrogens is 240 g/mol. The molecule has 0 saturated heterocycles. The molecule has 2 rings (SSSR count). The van der Waals surface area contributed by atoms with E-state index in [1.165, 1.54) is 6.07 Å². The summed E-state index contributed by atoms with van der Waals surface area (Å²) in [5.41, 5.74) is 0.645. The maximum Gasteiger partial charge on any atom is 0.301 e. The van der Waals surface area contributed by atoms with Crippen LogP contribution in [0.1, 0.15) is 5.56 Å². The van der Waals surface area contributed by atoms with Crippen molar-refractivity contribution in [2.45, 2.75) is 6.42 Å². The number of non-ortho nitro benzene ring substituents is 1. The normalized spacial score (nSPS) is 13.8. The summed E-state index contributed by atoms with van der Waals surface area (Å²) in [5.74, 6) is 0. The lowest BCUT2D eigenvalue weighted by atomic mass is 10.1. The standard InChI is InChI=1S/C10H12N4O4/c1-11(2)12-4-3-7-5-8(13(15)16)6-9(10(7)12)14(17)18/h5-6H,3-4H2,1-2H3. The van der Waals surface area contributed by atoms with Gasteiger partial charge in [-0.05, 0) is 12.0 Å². The van der Waals surface area contributed by atoms with Crippen LogP contribution in [0.15, 0.2) is 12.1 Å². The molecule has 0 radical (unpaired) electrons. The van der Waals surface area contributed by atoms with Crippen LogP contribution in [0.5, 0.6) is 0 Å². The van der Waals surface area contributed by atoms with Crippen LogP contribution < -0.4 is 5.01 Å². The van der Waals surface area contributed by atoms with E-state index in [9.17, 15) is 20.2 Å².